The molecule has 0 saturated carbocycles. The molecule has 0 fully saturated rings. The lowest BCUT2D eigenvalue weighted by molar-refractivity contribution is 0.613. The smallest absolute Gasteiger partial charge is 0.191 e. The van der Waals surface area contributed by atoms with Gasteiger partial charge in [0.1, 0.15) is 5.82 Å². The monoisotopic (exact) mass is 329 g/mol. The summed E-state index contributed by atoms with van der Waals surface area (Å²) in [7, 11) is 0. The molecule has 0 aliphatic heterocycles. The summed E-state index contributed by atoms with van der Waals surface area (Å²) in [5.41, 5.74) is 1.05. The predicted molar refractivity (Wildman–Crippen MR) is 85.8 cm³/mol. The number of halogens is 2. The van der Waals surface area contributed by atoms with E-state index in [2.05, 4.69) is 35.5 Å². The average molecular weight is 330 g/mol. The van der Waals surface area contributed by atoms with Gasteiger partial charge < -0.3 is 4.57 Å². The Kier molecular flexibility index (Phi) is 5.35. The fourth-order valence-electron chi connectivity index (χ4n) is 1.91. The van der Waals surface area contributed by atoms with Crippen molar-refractivity contribution in [2.24, 2.45) is 0 Å². The van der Waals surface area contributed by atoms with Gasteiger partial charge in [0.05, 0.1) is 0 Å². The number of benzene rings is 1. The standard InChI is InChI=1S/C14H17Cl2N3S/c1-4-19-13(9(2)3)17-18-14(19)20-8-10-5-6-11(15)7-12(10)16/h5-7,9H,4,8H2,1-3H3. The van der Waals surface area contributed by atoms with E-state index in [4.69, 9.17) is 23.2 Å². The number of rotatable bonds is 5. The van der Waals surface area contributed by atoms with E-state index in [1.165, 1.54) is 0 Å². The van der Waals surface area contributed by atoms with Crippen LogP contribution in [-0.2, 0) is 12.3 Å². The largest absolute Gasteiger partial charge is 0.306 e. The van der Waals surface area contributed by atoms with Gasteiger partial charge in [0.25, 0.3) is 0 Å². The quantitative estimate of drug-likeness (QED) is 0.721. The maximum Gasteiger partial charge on any atom is 0.191 e. The van der Waals surface area contributed by atoms with E-state index >= 15 is 0 Å². The molecule has 0 amide bonds. The number of aromatic nitrogens is 3. The molecule has 0 spiro atoms. The molecule has 0 aliphatic rings. The minimum Gasteiger partial charge on any atom is -0.306 e. The molecule has 0 radical (unpaired) electrons. The SMILES string of the molecule is CCn1c(SCc2ccc(Cl)cc2Cl)nnc1C(C)C. The summed E-state index contributed by atoms with van der Waals surface area (Å²) in [5, 5.41) is 10.8. The molecule has 0 bridgehead atoms. The minimum absolute atomic E-state index is 0.371. The van der Waals surface area contributed by atoms with Crippen molar-refractivity contribution < 1.29 is 0 Å². The van der Waals surface area contributed by atoms with E-state index in [0.29, 0.717) is 16.0 Å². The second kappa shape index (κ2) is 6.83. The maximum absolute atomic E-state index is 6.18. The van der Waals surface area contributed by atoms with E-state index in [-0.39, 0.29) is 0 Å². The number of hydrogen-bond acceptors (Lipinski definition) is 3. The Balaban J connectivity index is 2.15. The Morgan fingerprint density at radius 1 is 1.25 bits per heavy atom. The van der Waals surface area contributed by atoms with Gasteiger partial charge in [-0.25, -0.2) is 0 Å². The van der Waals surface area contributed by atoms with Crippen LogP contribution in [0.5, 0.6) is 0 Å². The molecule has 1 aromatic heterocycles. The van der Waals surface area contributed by atoms with Crippen molar-refractivity contribution in [1.82, 2.24) is 14.8 Å². The molecule has 0 saturated heterocycles. The molecule has 20 heavy (non-hydrogen) atoms. The number of thioether (sulfide) groups is 1. The molecule has 1 heterocycles. The molecule has 2 rings (SSSR count). The Hall–Kier alpha value is -0.710. The Morgan fingerprint density at radius 3 is 2.60 bits per heavy atom. The molecule has 0 aliphatic carbocycles. The first-order valence-electron chi connectivity index (χ1n) is 6.52. The van der Waals surface area contributed by atoms with Crippen molar-refractivity contribution in [2.45, 2.75) is 44.1 Å². The average Bonchev–Trinajstić information content (AvgIpc) is 2.80. The van der Waals surface area contributed by atoms with E-state index in [0.717, 1.165) is 28.8 Å². The van der Waals surface area contributed by atoms with Gasteiger partial charge in [-0.05, 0) is 24.6 Å². The van der Waals surface area contributed by atoms with Gasteiger partial charge >= 0.3 is 0 Å². The fraction of sp³-hybridized carbons (Fsp3) is 0.429. The van der Waals surface area contributed by atoms with Gasteiger partial charge in [-0.2, -0.15) is 0 Å². The van der Waals surface area contributed by atoms with Crippen LogP contribution in [0.25, 0.3) is 0 Å². The lowest BCUT2D eigenvalue weighted by Gasteiger charge is -2.09. The summed E-state index contributed by atoms with van der Waals surface area (Å²) >= 11 is 13.7. The zero-order valence-electron chi connectivity index (χ0n) is 11.7. The Bertz CT molecular complexity index is 596. The number of nitrogens with zero attached hydrogens (tertiary/aromatic N) is 3. The summed E-state index contributed by atoms with van der Waals surface area (Å²) in [4.78, 5) is 0. The van der Waals surface area contributed by atoms with E-state index < -0.39 is 0 Å². The van der Waals surface area contributed by atoms with Crippen LogP contribution in [0, 0.1) is 0 Å². The van der Waals surface area contributed by atoms with Crippen LogP contribution in [0.2, 0.25) is 10.0 Å². The molecule has 108 valence electrons. The van der Waals surface area contributed by atoms with Crippen LogP contribution < -0.4 is 0 Å². The Labute approximate surface area is 133 Å². The second-order valence-electron chi connectivity index (χ2n) is 4.76. The number of hydrogen-bond donors (Lipinski definition) is 0. The third kappa shape index (κ3) is 3.48. The highest BCUT2D eigenvalue weighted by Crippen LogP contribution is 2.29. The fourth-order valence-corrected chi connectivity index (χ4v) is 3.48. The summed E-state index contributed by atoms with van der Waals surface area (Å²) in [6, 6.07) is 5.57. The third-order valence-corrected chi connectivity index (χ3v) is 4.55. The summed E-state index contributed by atoms with van der Waals surface area (Å²) in [6.45, 7) is 7.23. The molecular formula is C14H17Cl2N3S. The van der Waals surface area contributed by atoms with Gasteiger partial charge in [-0.1, -0.05) is 54.9 Å². The zero-order chi connectivity index (χ0) is 14.7. The van der Waals surface area contributed by atoms with E-state index in [1.54, 1.807) is 17.8 Å². The van der Waals surface area contributed by atoms with Gasteiger partial charge in [0.15, 0.2) is 5.16 Å². The van der Waals surface area contributed by atoms with Crippen molar-refractivity contribution in [3.8, 4) is 0 Å². The molecular weight excluding hydrogens is 313 g/mol. The van der Waals surface area contributed by atoms with Crippen LogP contribution >= 0.6 is 35.0 Å². The lowest BCUT2D eigenvalue weighted by Crippen LogP contribution is -2.04. The van der Waals surface area contributed by atoms with Crippen LogP contribution in [0.15, 0.2) is 23.4 Å². The summed E-state index contributed by atoms with van der Waals surface area (Å²) in [6.07, 6.45) is 0. The topological polar surface area (TPSA) is 30.7 Å². The minimum atomic E-state index is 0.371. The normalized spacial score (nSPS) is 11.3. The third-order valence-electron chi connectivity index (χ3n) is 2.95. The molecule has 0 N–H and O–H groups in total. The first-order chi connectivity index (χ1) is 9.52. The molecule has 2 aromatic rings. The first-order valence-corrected chi connectivity index (χ1v) is 8.27. The highest BCUT2D eigenvalue weighted by atomic mass is 35.5. The van der Waals surface area contributed by atoms with Gasteiger partial charge in [-0.3, -0.25) is 0 Å². The molecule has 0 unspecified atom stereocenters. The van der Waals surface area contributed by atoms with Gasteiger partial charge in [-0.15, -0.1) is 10.2 Å². The van der Waals surface area contributed by atoms with Gasteiger partial charge in [0, 0.05) is 28.3 Å². The summed E-state index contributed by atoms with van der Waals surface area (Å²) in [5.74, 6) is 2.15. The highest BCUT2D eigenvalue weighted by molar-refractivity contribution is 7.98. The molecule has 0 atom stereocenters. The summed E-state index contributed by atoms with van der Waals surface area (Å²) < 4.78 is 2.15. The lowest BCUT2D eigenvalue weighted by atomic mass is 10.2. The maximum atomic E-state index is 6.18. The van der Waals surface area contributed by atoms with Gasteiger partial charge in [0.2, 0.25) is 0 Å². The zero-order valence-corrected chi connectivity index (χ0v) is 14.1. The van der Waals surface area contributed by atoms with Crippen molar-refractivity contribution in [1.29, 1.82) is 0 Å². The van der Waals surface area contributed by atoms with E-state index in [9.17, 15) is 0 Å². The van der Waals surface area contributed by atoms with Crippen molar-refractivity contribution in [2.75, 3.05) is 0 Å². The second-order valence-corrected chi connectivity index (χ2v) is 6.55. The molecule has 6 heteroatoms. The van der Waals surface area contributed by atoms with Crippen molar-refractivity contribution in [3.63, 3.8) is 0 Å². The molecule has 3 nitrogen and oxygen atoms in total. The van der Waals surface area contributed by atoms with Crippen molar-refractivity contribution >= 4 is 35.0 Å². The first kappa shape index (κ1) is 15.7. The van der Waals surface area contributed by atoms with Crippen LogP contribution in [0.4, 0.5) is 0 Å². The van der Waals surface area contributed by atoms with E-state index in [1.807, 2.05) is 12.1 Å². The van der Waals surface area contributed by atoms with Crippen molar-refractivity contribution in [3.05, 3.63) is 39.6 Å². The van der Waals surface area contributed by atoms with Crippen LogP contribution in [-0.4, -0.2) is 14.8 Å². The van der Waals surface area contributed by atoms with Crippen LogP contribution in [0.1, 0.15) is 38.1 Å². The van der Waals surface area contributed by atoms with Crippen LogP contribution in [0.3, 0.4) is 0 Å². The Morgan fingerprint density at radius 2 is 2.00 bits per heavy atom. The highest BCUT2D eigenvalue weighted by Gasteiger charge is 2.14. The molecule has 1 aromatic carbocycles. The predicted octanol–water partition coefficient (Wildman–Crippen LogP) is 5.02.